The molecule has 7 aromatic rings. The van der Waals surface area contributed by atoms with Gasteiger partial charge in [0.25, 0.3) is 0 Å². The lowest BCUT2D eigenvalue weighted by molar-refractivity contribution is 0.590. The Morgan fingerprint density at radius 2 is 1.62 bits per heavy atom. The van der Waals surface area contributed by atoms with Gasteiger partial charge in [0, 0.05) is 40.4 Å². The molecular weight excluding hydrogens is 497 g/mol. The number of hydrogen-bond acceptors (Lipinski definition) is 3. The predicted octanol–water partition coefficient (Wildman–Crippen LogP) is 9.40. The Morgan fingerprint density at radius 1 is 0.800 bits per heavy atom. The zero-order valence-corrected chi connectivity index (χ0v) is 22.9. The van der Waals surface area contributed by atoms with Crippen molar-refractivity contribution in [3.05, 3.63) is 114 Å². The van der Waals surface area contributed by atoms with Crippen LogP contribution in [-0.4, -0.2) is 14.5 Å². The Bertz CT molecular complexity index is 2060. The average molecular weight is 526 g/mol. The van der Waals surface area contributed by atoms with Crippen molar-refractivity contribution >= 4 is 33.0 Å². The van der Waals surface area contributed by atoms with Crippen molar-refractivity contribution in [1.29, 1.82) is 0 Å². The number of hydrogen-bond donors (Lipinski definition) is 0. The first-order valence-corrected chi connectivity index (χ1v) is 13.4. The maximum atomic E-state index is 14.5. The molecule has 0 amide bonds. The van der Waals surface area contributed by atoms with E-state index in [0.717, 1.165) is 55.5 Å². The summed E-state index contributed by atoms with van der Waals surface area (Å²) in [6, 6.07) is 29.8. The number of imidazole rings is 1. The minimum Gasteiger partial charge on any atom is -0.455 e. The van der Waals surface area contributed by atoms with Crippen LogP contribution in [0.25, 0.3) is 61.2 Å². The molecule has 0 bridgehead atoms. The van der Waals surface area contributed by atoms with Crippen LogP contribution >= 0.6 is 0 Å². The summed E-state index contributed by atoms with van der Waals surface area (Å²) < 4.78 is 23.0. The monoisotopic (exact) mass is 525 g/mol. The van der Waals surface area contributed by atoms with E-state index in [1.807, 2.05) is 43.5 Å². The molecule has 3 aromatic heterocycles. The van der Waals surface area contributed by atoms with Gasteiger partial charge in [-0.1, -0.05) is 69.3 Å². The second kappa shape index (κ2) is 8.88. The Balaban J connectivity index is 1.58. The molecule has 0 aliphatic rings. The minimum absolute atomic E-state index is 0.0307. The first-order valence-electron chi connectivity index (χ1n) is 13.4. The van der Waals surface area contributed by atoms with Crippen molar-refractivity contribution in [2.75, 3.05) is 0 Å². The maximum Gasteiger partial charge on any atom is 0.149 e. The Hall–Kier alpha value is -4.77. The molecule has 0 fully saturated rings. The molecule has 4 nitrogen and oxygen atoms in total. The second-order valence-corrected chi connectivity index (χ2v) is 11.4. The van der Waals surface area contributed by atoms with Crippen LogP contribution in [0, 0.1) is 12.7 Å². The minimum atomic E-state index is -0.321. The van der Waals surface area contributed by atoms with E-state index < -0.39 is 0 Å². The number of pyridine rings is 1. The molecule has 0 N–H and O–H groups in total. The third-order valence-electron chi connectivity index (χ3n) is 7.57. The van der Waals surface area contributed by atoms with Gasteiger partial charge >= 0.3 is 0 Å². The van der Waals surface area contributed by atoms with Gasteiger partial charge in [-0.2, -0.15) is 0 Å². The Labute approximate surface area is 231 Å². The highest BCUT2D eigenvalue weighted by Crippen LogP contribution is 2.40. The highest BCUT2D eigenvalue weighted by Gasteiger charge is 2.23. The number of aryl methyl sites for hydroxylation is 1. The van der Waals surface area contributed by atoms with E-state index in [2.05, 4.69) is 72.8 Å². The predicted molar refractivity (Wildman–Crippen MR) is 160 cm³/mol. The van der Waals surface area contributed by atoms with Crippen LogP contribution in [0.4, 0.5) is 4.39 Å². The summed E-state index contributed by atoms with van der Waals surface area (Å²) in [5.74, 6) is 0.370. The lowest BCUT2D eigenvalue weighted by Crippen LogP contribution is -2.12. The lowest BCUT2D eigenvalue weighted by Gasteiger charge is -2.23. The highest BCUT2D eigenvalue weighted by atomic mass is 19.1. The summed E-state index contributed by atoms with van der Waals surface area (Å²) in [7, 11) is 0. The van der Waals surface area contributed by atoms with Gasteiger partial charge in [-0.3, -0.25) is 9.55 Å². The first kappa shape index (κ1) is 24.3. The largest absolute Gasteiger partial charge is 0.455 e. The molecule has 0 spiro atoms. The molecule has 40 heavy (non-hydrogen) atoms. The molecule has 7 rings (SSSR count). The fraction of sp³-hybridized carbons (Fsp3) is 0.143. The third-order valence-corrected chi connectivity index (χ3v) is 7.57. The van der Waals surface area contributed by atoms with Gasteiger partial charge in [-0.05, 0) is 53.8 Å². The number of furan rings is 1. The van der Waals surface area contributed by atoms with Crippen LogP contribution in [0.5, 0.6) is 0 Å². The summed E-state index contributed by atoms with van der Waals surface area (Å²) in [5, 5.41) is 1.92. The zero-order valence-electron chi connectivity index (χ0n) is 22.9. The highest BCUT2D eigenvalue weighted by molar-refractivity contribution is 6.09. The number of rotatable bonds is 3. The maximum absolute atomic E-state index is 14.5. The van der Waals surface area contributed by atoms with Crippen LogP contribution in [0.2, 0.25) is 0 Å². The van der Waals surface area contributed by atoms with E-state index in [-0.39, 0.29) is 11.2 Å². The molecule has 0 atom stereocenters. The summed E-state index contributed by atoms with van der Waals surface area (Å²) in [4.78, 5) is 9.50. The summed E-state index contributed by atoms with van der Waals surface area (Å²) in [5.41, 5.74) is 8.99. The standard InChI is InChI=1S/C35H28FN3O/c1-21-17-32-28(20-37-21)25-11-8-12-26(33(25)40-32)34-38-29-19-24(36)14-16-31(29)39(34)30-15-13-23(35(2,3)4)18-27(30)22-9-6-5-7-10-22/h5-20H,1-4H3. The van der Waals surface area contributed by atoms with E-state index in [4.69, 9.17) is 9.40 Å². The van der Waals surface area contributed by atoms with Crippen LogP contribution < -0.4 is 0 Å². The van der Waals surface area contributed by atoms with E-state index in [0.29, 0.717) is 11.3 Å². The second-order valence-electron chi connectivity index (χ2n) is 11.4. The van der Waals surface area contributed by atoms with Gasteiger partial charge in [0.1, 0.15) is 22.8 Å². The van der Waals surface area contributed by atoms with Crippen molar-refractivity contribution in [2.24, 2.45) is 0 Å². The van der Waals surface area contributed by atoms with Gasteiger partial charge < -0.3 is 4.42 Å². The van der Waals surface area contributed by atoms with Crippen molar-refractivity contribution in [1.82, 2.24) is 14.5 Å². The van der Waals surface area contributed by atoms with Crippen molar-refractivity contribution in [3.63, 3.8) is 0 Å². The number of benzene rings is 4. The zero-order chi connectivity index (χ0) is 27.6. The molecule has 5 heteroatoms. The Kier molecular flexibility index (Phi) is 5.39. The van der Waals surface area contributed by atoms with Gasteiger partial charge in [-0.15, -0.1) is 0 Å². The number of para-hydroxylation sites is 1. The van der Waals surface area contributed by atoms with Crippen LogP contribution in [0.1, 0.15) is 32.0 Å². The molecule has 3 heterocycles. The van der Waals surface area contributed by atoms with Gasteiger partial charge in [-0.25, -0.2) is 9.37 Å². The molecule has 0 unspecified atom stereocenters. The van der Waals surface area contributed by atoms with Gasteiger partial charge in [0.2, 0.25) is 0 Å². The van der Waals surface area contributed by atoms with E-state index in [1.54, 1.807) is 6.07 Å². The topological polar surface area (TPSA) is 43.9 Å². The van der Waals surface area contributed by atoms with Gasteiger partial charge in [0.15, 0.2) is 0 Å². The van der Waals surface area contributed by atoms with Crippen molar-refractivity contribution in [3.8, 4) is 28.2 Å². The molecule has 196 valence electrons. The molecule has 0 saturated carbocycles. The normalized spacial score (nSPS) is 12.1. The van der Waals surface area contributed by atoms with E-state index in [1.165, 1.54) is 17.7 Å². The molecule has 0 aliphatic carbocycles. The molecule has 0 radical (unpaired) electrons. The smallest absolute Gasteiger partial charge is 0.149 e. The van der Waals surface area contributed by atoms with Crippen molar-refractivity contribution < 1.29 is 8.81 Å². The van der Waals surface area contributed by atoms with E-state index >= 15 is 0 Å². The van der Waals surface area contributed by atoms with Crippen LogP contribution in [0.3, 0.4) is 0 Å². The molecule has 4 aromatic carbocycles. The van der Waals surface area contributed by atoms with E-state index in [9.17, 15) is 4.39 Å². The molecule has 0 saturated heterocycles. The number of nitrogens with zero attached hydrogens (tertiary/aromatic N) is 3. The quantitative estimate of drug-likeness (QED) is 0.231. The van der Waals surface area contributed by atoms with Crippen molar-refractivity contribution in [2.45, 2.75) is 33.1 Å². The lowest BCUT2D eigenvalue weighted by atomic mass is 9.85. The summed E-state index contributed by atoms with van der Waals surface area (Å²) in [6.07, 6.45) is 1.86. The summed E-state index contributed by atoms with van der Waals surface area (Å²) in [6.45, 7) is 8.61. The summed E-state index contributed by atoms with van der Waals surface area (Å²) >= 11 is 0. The third kappa shape index (κ3) is 3.89. The number of aromatic nitrogens is 3. The molecule has 0 aliphatic heterocycles. The SMILES string of the molecule is Cc1cc2oc3c(-c4nc5cc(F)ccc5n4-c4ccc(C(C)(C)C)cc4-c4ccccc4)cccc3c2cn1. The van der Waals surface area contributed by atoms with Crippen LogP contribution in [-0.2, 0) is 5.41 Å². The molecular formula is C35H28FN3O. The average Bonchev–Trinajstić information content (AvgIpc) is 3.50. The Morgan fingerprint density at radius 3 is 2.42 bits per heavy atom. The fourth-order valence-electron chi connectivity index (χ4n) is 5.49. The number of halogens is 1. The first-order chi connectivity index (χ1) is 19.3. The number of fused-ring (bicyclic) bond motifs is 4. The van der Waals surface area contributed by atoms with Gasteiger partial charge in [0.05, 0.1) is 22.3 Å². The fourth-order valence-corrected chi connectivity index (χ4v) is 5.49. The van der Waals surface area contributed by atoms with Crippen LogP contribution in [0.15, 0.2) is 102 Å².